The summed E-state index contributed by atoms with van der Waals surface area (Å²) in [7, 11) is 0. The molecule has 0 saturated carbocycles. The molecule has 0 radical (unpaired) electrons. The van der Waals surface area contributed by atoms with Crippen molar-refractivity contribution in [3.63, 3.8) is 0 Å². The number of hydrogen-bond donors (Lipinski definition) is 1. The van der Waals surface area contributed by atoms with Gasteiger partial charge in [0.1, 0.15) is 16.5 Å². The zero-order valence-electron chi connectivity index (χ0n) is 15.3. The van der Waals surface area contributed by atoms with Gasteiger partial charge in [0.25, 0.3) is 0 Å². The number of aromatic nitrogens is 3. The number of aryl methyl sites for hydroxylation is 1. The number of carbonyl (C=O) groups is 1. The molecule has 5 nitrogen and oxygen atoms in total. The van der Waals surface area contributed by atoms with Crippen molar-refractivity contribution in [1.29, 1.82) is 0 Å². The highest BCUT2D eigenvalue weighted by atomic mass is 32.1. The molecule has 0 aliphatic rings. The molecule has 0 bridgehead atoms. The number of aldehydes is 1. The summed E-state index contributed by atoms with van der Waals surface area (Å²) in [6.07, 6.45) is 2.83. The summed E-state index contributed by atoms with van der Waals surface area (Å²) in [6.45, 7) is 8.23. The number of rotatable bonds is 4. The first-order chi connectivity index (χ1) is 12.3. The van der Waals surface area contributed by atoms with E-state index in [2.05, 4.69) is 60.0 Å². The van der Waals surface area contributed by atoms with Crippen LogP contribution in [0.3, 0.4) is 0 Å². The molecule has 2 heterocycles. The highest BCUT2D eigenvalue weighted by Gasteiger charge is 2.15. The van der Waals surface area contributed by atoms with Crippen LogP contribution in [-0.2, 0) is 11.8 Å². The van der Waals surface area contributed by atoms with Crippen LogP contribution in [0, 0.1) is 6.92 Å². The summed E-state index contributed by atoms with van der Waals surface area (Å²) in [5.74, 6) is 0.341. The molecule has 0 unspecified atom stereocenters. The fourth-order valence-corrected chi connectivity index (χ4v) is 3.52. The van der Waals surface area contributed by atoms with Crippen molar-refractivity contribution in [3.05, 3.63) is 58.1 Å². The molecule has 3 rings (SSSR count). The highest BCUT2D eigenvalue weighted by molar-refractivity contribution is 7.15. The minimum absolute atomic E-state index is 0.0232. The molecular weight excluding hydrogens is 346 g/mol. The van der Waals surface area contributed by atoms with Gasteiger partial charge in [-0.25, -0.2) is 15.0 Å². The number of carbonyl (C=O) groups excluding carboxylic acids is 1. The van der Waals surface area contributed by atoms with Crippen LogP contribution in [0.2, 0.25) is 0 Å². The fraction of sp³-hybridized carbons (Fsp3) is 0.300. The summed E-state index contributed by atoms with van der Waals surface area (Å²) >= 11 is 1.58. The van der Waals surface area contributed by atoms with Crippen molar-refractivity contribution < 1.29 is 9.90 Å². The largest absolute Gasteiger partial charge is 0.504 e. The van der Waals surface area contributed by atoms with E-state index in [9.17, 15) is 9.90 Å². The Balaban J connectivity index is 1.82. The van der Waals surface area contributed by atoms with Crippen LogP contribution in [0.1, 0.15) is 53.2 Å². The first-order valence-corrected chi connectivity index (χ1v) is 9.17. The summed E-state index contributed by atoms with van der Waals surface area (Å²) in [5, 5.41) is 10.7. The third-order valence-corrected chi connectivity index (χ3v) is 5.17. The van der Waals surface area contributed by atoms with Crippen molar-refractivity contribution in [2.24, 2.45) is 0 Å². The third-order valence-electron chi connectivity index (χ3n) is 4.13. The second-order valence-electron chi connectivity index (χ2n) is 7.21. The molecule has 0 fully saturated rings. The number of nitrogens with zero attached hydrogens (tertiary/aromatic N) is 3. The van der Waals surface area contributed by atoms with Crippen LogP contribution in [0.5, 0.6) is 5.75 Å². The van der Waals surface area contributed by atoms with Gasteiger partial charge in [-0.2, -0.15) is 0 Å². The molecule has 3 aromatic rings. The Morgan fingerprint density at radius 2 is 1.85 bits per heavy atom. The smallest absolute Gasteiger partial charge is 0.172 e. The first-order valence-electron chi connectivity index (χ1n) is 8.35. The molecule has 1 N–H and O–H groups in total. The topological polar surface area (TPSA) is 76.0 Å². The Hall–Kier alpha value is -2.60. The van der Waals surface area contributed by atoms with Crippen molar-refractivity contribution in [1.82, 2.24) is 15.0 Å². The van der Waals surface area contributed by atoms with Crippen LogP contribution < -0.4 is 0 Å². The van der Waals surface area contributed by atoms with Gasteiger partial charge in [0, 0.05) is 23.1 Å². The Bertz CT molecular complexity index is 941. The predicted molar refractivity (Wildman–Crippen MR) is 103 cm³/mol. The molecule has 0 aliphatic heterocycles. The molecule has 6 heteroatoms. The predicted octanol–water partition coefficient (Wildman–Crippen LogP) is 4.31. The van der Waals surface area contributed by atoms with Gasteiger partial charge < -0.3 is 5.11 Å². The normalized spacial score (nSPS) is 11.5. The lowest BCUT2D eigenvalue weighted by Gasteiger charge is -2.18. The van der Waals surface area contributed by atoms with Crippen molar-refractivity contribution in [2.75, 3.05) is 0 Å². The zero-order valence-corrected chi connectivity index (χ0v) is 16.1. The lowest BCUT2D eigenvalue weighted by atomic mass is 9.87. The number of aromatic hydroxyl groups is 1. The molecule has 0 atom stereocenters. The van der Waals surface area contributed by atoms with E-state index in [1.54, 1.807) is 18.3 Å². The van der Waals surface area contributed by atoms with Crippen LogP contribution in [-0.4, -0.2) is 26.3 Å². The van der Waals surface area contributed by atoms with Gasteiger partial charge in [-0.3, -0.25) is 4.79 Å². The number of hydrogen-bond acceptors (Lipinski definition) is 6. The van der Waals surface area contributed by atoms with Gasteiger partial charge >= 0.3 is 0 Å². The minimum atomic E-state index is -0.160. The van der Waals surface area contributed by atoms with Gasteiger partial charge in [-0.1, -0.05) is 45.0 Å². The molecule has 2 aromatic heterocycles. The van der Waals surface area contributed by atoms with Crippen LogP contribution in [0.15, 0.2) is 30.5 Å². The minimum Gasteiger partial charge on any atom is -0.504 e. The Kier molecular flexibility index (Phi) is 4.87. The highest BCUT2D eigenvalue weighted by Crippen LogP contribution is 2.29. The first kappa shape index (κ1) is 18.2. The van der Waals surface area contributed by atoms with Crippen molar-refractivity contribution in [3.8, 4) is 16.3 Å². The van der Waals surface area contributed by atoms with Crippen LogP contribution >= 0.6 is 11.3 Å². The van der Waals surface area contributed by atoms with E-state index < -0.39 is 0 Å². The lowest BCUT2D eigenvalue weighted by molar-refractivity contribution is 0.111. The van der Waals surface area contributed by atoms with Crippen molar-refractivity contribution >= 4 is 17.6 Å². The molecule has 0 spiro atoms. The summed E-state index contributed by atoms with van der Waals surface area (Å²) < 4.78 is 0. The molecule has 0 amide bonds. The van der Waals surface area contributed by atoms with Gasteiger partial charge in [0.2, 0.25) is 0 Å². The lowest BCUT2D eigenvalue weighted by Crippen LogP contribution is -2.10. The van der Waals surface area contributed by atoms with E-state index in [4.69, 9.17) is 0 Å². The standard InChI is InChI=1S/C20H21N3O2S/c1-12-18(25)16(11-24)23-17(22-12)9-15-10-21-19(26-15)13-5-7-14(8-6-13)20(2,3)4/h5-8,10-11,25H,9H2,1-4H3. The third kappa shape index (κ3) is 3.80. The molecule has 0 aliphatic carbocycles. The average Bonchev–Trinajstić information content (AvgIpc) is 3.05. The molecule has 1 aromatic carbocycles. The molecule has 0 saturated heterocycles. The van der Waals surface area contributed by atoms with Crippen LogP contribution in [0.25, 0.3) is 10.6 Å². The molecular formula is C20H21N3O2S. The van der Waals surface area contributed by atoms with Gasteiger partial charge in [0.05, 0.1) is 5.69 Å². The summed E-state index contributed by atoms with van der Waals surface area (Å²) in [4.78, 5) is 24.9. The Labute approximate surface area is 156 Å². The SMILES string of the molecule is Cc1nc(Cc2cnc(-c3ccc(C(C)(C)C)cc3)s2)nc(C=O)c1O. The fourth-order valence-electron chi connectivity index (χ4n) is 2.60. The van der Waals surface area contributed by atoms with E-state index >= 15 is 0 Å². The second kappa shape index (κ2) is 6.96. The Morgan fingerprint density at radius 3 is 2.46 bits per heavy atom. The summed E-state index contributed by atoms with van der Waals surface area (Å²) in [6, 6.07) is 8.46. The van der Waals surface area contributed by atoms with E-state index in [1.807, 2.05) is 6.20 Å². The maximum atomic E-state index is 11.0. The maximum Gasteiger partial charge on any atom is 0.172 e. The van der Waals surface area contributed by atoms with Gasteiger partial charge in [0.15, 0.2) is 12.0 Å². The monoisotopic (exact) mass is 367 g/mol. The maximum absolute atomic E-state index is 11.0. The number of thiazole rings is 1. The van der Waals surface area contributed by atoms with Gasteiger partial charge in [-0.05, 0) is 17.9 Å². The number of benzene rings is 1. The summed E-state index contributed by atoms with van der Waals surface area (Å²) in [5.41, 5.74) is 2.91. The Morgan fingerprint density at radius 1 is 1.15 bits per heavy atom. The van der Waals surface area contributed by atoms with Gasteiger partial charge in [-0.15, -0.1) is 11.3 Å². The zero-order chi connectivity index (χ0) is 18.9. The molecule has 134 valence electrons. The van der Waals surface area contributed by atoms with E-state index in [1.165, 1.54) is 5.56 Å². The molecule has 26 heavy (non-hydrogen) atoms. The second-order valence-corrected chi connectivity index (χ2v) is 8.33. The van der Waals surface area contributed by atoms with Crippen LogP contribution in [0.4, 0.5) is 0 Å². The van der Waals surface area contributed by atoms with Crippen molar-refractivity contribution in [2.45, 2.75) is 39.5 Å². The van der Waals surface area contributed by atoms with E-state index in [0.717, 1.165) is 15.4 Å². The van der Waals surface area contributed by atoms with E-state index in [-0.39, 0.29) is 16.9 Å². The van der Waals surface area contributed by atoms with E-state index in [0.29, 0.717) is 24.2 Å². The quantitative estimate of drug-likeness (QED) is 0.695. The average molecular weight is 367 g/mol.